The summed E-state index contributed by atoms with van der Waals surface area (Å²) in [5, 5.41) is 3.09. The molecule has 0 radical (unpaired) electrons. The van der Waals surface area contributed by atoms with E-state index in [-0.39, 0.29) is 0 Å². The number of nitrogens with zero attached hydrogens (tertiary/aromatic N) is 1. The number of halogens is 2. The minimum atomic E-state index is -3.30. The number of rotatable bonds is 6. The number of alkyl halides is 2. The van der Waals surface area contributed by atoms with E-state index in [1.807, 2.05) is 0 Å². The molecule has 0 aromatic rings. The fourth-order valence-corrected chi connectivity index (χ4v) is 2.81. The van der Waals surface area contributed by atoms with Gasteiger partial charge in [-0.05, 0) is 19.9 Å². The van der Waals surface area contributed by atoms with Crippen molar-refractivity contribution in [2.75, 3.05) is 26.7 Å². The van der Waals surface area contributed by atoms with E-state index in [1.54, 1.807) is 0 Å². The van der Waals surface area contributed by atoms with Crippen LogP contribution in [-0.4, -0.2) is 55.6 Å². The molecule has 6 heteroatoms. The summed E-state index contributed by atoms with van der Waals surface area (Å²) in [4.78, 5) is 13.1. The Morgan fingerprint density at radius 2 is 2.11 bits per heavy atom. The first-order valence-electron chi connectivity index (χ1n) is 6.99. The zero-order chi connectivity index (χ0) is 13.9. The predicted octanol–water partition coefficient (Wildman–Crippen LogP) is 1.40. The Morgan fingerprint density at radius 1 is 1.42 bits per heavy atom. The highest BCUT2D eigenvalue weighted by atomic mass is 19.3. The number of hydrogen-bond acceptors (Lipinski definition) is 4. The maximum Gasteiger partial charge on any atom is 0.377 e. The van der Waals surface area contributed by atoms with Crippen molar-refractivity contribution in [1.29, 1.82) is 0 Å². The normalized spacial score (nSPS) is 27.2. The third kappa shape index (κ3) is 3.86. The average Bonchev–Trinajstić information content (AvgIpc) is 2.94. The minimum absolute atomic E-state index is 0.305. The number of carbonyl (C=O) groups is 1. The molecule has 1 N–H and O–H groups in total. The average molecular weight is 276 g/mol. The van der Waals surface area contributed by atoms with Crippen molar-refractivity contribution in [2.45, 2.75) is 50.2 Å². The summed E-state index contributed by atoms with van der Waals surface area (Å²) in [6.07, 6.45) is 3.91. The van der Waals surface area contributed by atoms with Gasteiger partial charge in [-0.1, -0.05) is 12.8 Å². The third-order valence-corrected chi connectivity index (χ3v) is 4.02. The lowest BCUT2D eigenvalue weighted by molar-refractivity contribution is -0.159. The van der Waals surface area contributed by atoms with Crippen molar-refractivity contribution in [3.8, 4) is 0 Å². The lowest BCUT2D eigenvalue weighted by Gasteiger charge is -2.24. The maximum atomic E-state index is 12.9. The van der Waals surface area contributed by atoms with Gasteiger partial charge in [0.2, 0.25) is 0 Å². The van der Waals surface area contributed by atoms with Crippen LogP contribution in [0.2, 0.25) is 0 Å². The van der Waals surface area contributed by atoms with Crippen molar-refractivity contribution in [2.24, 2.45) is 0 Å². The van der Waals surface area contributed by atoms with Gasteiger partial charge in [0.1, 0.15) is 6.10 Å². The lowest BCUT2D eigenvalue weighted by Crippen LogP contribution is -2.37. The quantitative estimate of drug-likeness (QED) is 0.588. The molecule has 0 aromatic heterocycles. The molecule has 1 saturated carbocycles. The Morgan fingerprint density at radius 3 is 2.68 bits per heavy atom. The standard InChI is InChI=1S/C13H22F2N2O2/c1-17(10-4-2-3-5-10)7-6-16-9-11-8-13(14,15)12(18)19-11/h10-11,16H,2-9H2,1H3. The SMILES string of the molecule is CN(CCNCC1CC(F)(F)C(=O)O1)C1CCCC1. The molecule has 0 bridgehead atoms. The highest BCUT2D eigenvalue weighted by molar-refractivity contribution is 5.79. The molecule has 110 valence electrons. The van der Waals surface area contributed by atoms with Crippen LogP contribution in [0.25, 0.3) is 0 Å². The molecule has 0 amide bonds. The van der Waals surface area contributed by atoms with Crippen LogP contribution in [0.1, 0.15) is 32.1 Å². The largest absolute Gasteiger partial charge is 0.456 e. The van der Waals surface area contributed by atoms with Gasteiger partial charge in [-0.15, -0.1) is 0 Å². The smallest absolute Gasteiger partial charge is 0.377 e. The van der Waals surface area contributed by atoms with Gasteiger partial charge < -0.3 is 15.0 Å². The summed E-state index contributed by atoms with van der Waals surface area (Å²) in [5.41, 5.74) is 0. The van der Waals surface area contributed by atoms with Crippen LogP contribution >= 0.6 is 0 Å². The van der Waals surface area contributed by atoms with E-state index in [0.717, 1.165) is 13.1 Å². The van der Waals surface area contributed by atoms with E-state index in [4.69, 9.17) is 0 Å². The fourth-order valence-electron chi connectivity index (χ4n) is 2.81. The van der Waals surface area contributed by atoms with Gasteiger partial charge in [0.25, 0.3) is 0 Å². The molecular weight excluding hydrogens is 254 g/mol. The number of cyclic esters (lactones) is 1. The summed E-state index contributed by atoms with van der Waals surface area (Å²) in [6, 6.07) is 0.662. The number of hydrogen-bond donors (Lipinski definition) is 1. The number of carbonyl (C=O) groups excluding carboxylic acids is 1. The van der Waals surface area contributed by atoms with Crippen molar-refractivity contribution in [1.82, 2.24) is 10.2 Å². The molecular formula is C13H22F2N2O2. The van der Waals surface area contributed by atoms with Gasteiger partial charge in [0.15, 0.2) is 0 Å². The summed E-state index contributed by atoms with van der Waals surface area (Å²) < 4.78 is 30.5. The fraction of sp³-hybridized carbons (Fsp3) is 0.923. The summed E-state index contributed by atoms with van der Waals surface area (Å²) >= 11 is 0. The molecule has 2 rings (SSSR count). The van der Waals surface area contributed by atoms with E-state index in [0.29, 0.717) is 12.6 Å². The summed E-state index contributed by atoms with van der Waals surface area (Å²) in [5.74, 6) is -4.69. The molecule has 19 heavy (non-hydrogen) atoms. The molecule has 1 heterocycles. The van der Waals surface area contributed by atoms with Crippen LogP contribution in [0.4, 0.5) is 8.78 Å². The number of ether oxygens (including phenoxy) is 1. The highest BCUT2D eigenvalue weighted by Gasteiger charge is 2.50. The topological polar surface area (TPSA) is 41.6 Å². The molecule has 0 spiro atoms. The van der Waals surface area contributed by atoms with Crippen LogP contribution in [-0.2, 0) is 9.53 Å². The van der Waals surface area contributed by atoms with E-state index in [1.165, 1.54) is 25.7 Å². The minimum Gasteiger partial charge on any atom is -0.456 e. The van der Waals surface area contributed by atoms with Crippen LogP contribution in [0.3, 0.4) is 0 Å². The predicted molar refractivity (Wildman–Crippen MR) is 67.2 cm³/mol. The van der Waals surface area contributed by atoms with Crippen molar-refractivity contribution < 1.29 is 18.3 Å². The van der Waals surface area contributed by atoms with Crippen molar-refractivity contribution in [3.05, 3.63) is 0 Å². The van der Waals surface area contributed by atoms with E-state index >= 15 is 0 Å². The molecule has 1 saturated heterocycles. The second-order valence-electron chi connectivity index (χ2n) is 5.56. The monoisotopic (exact) mass is 276 g/mol. The second kappa shape index (κ2) is 6.13. The van der Waals surface area contributed by atoms with Gasteiger partial charge in [0, 0.05) is 25.7 Å². The highest BCUT2D eigenvalue weighted by Crippen LogP contribution is 2.30. The van der Waals surface area contributed by atoms with E-state index in [9.17, 15) is 13.6 Å². The molecule has 1 atom stereocenters. The van der Waals surface area contributed by atoms with Crippen LogP contribution < -0.4 is 5.32 Å². The van der Waals surface area contributed by atoms with Crippen molar-refractivity contribution >= 4 is 5.97 Å². The van der Waals surface area contributed by atoms with Crippen molar-refractivity contribution in [3.63, 3.8) is 0 Å². The molecule has 1 aliphatic heterocycles. The third-order valence-electron chi connectivity index (χ3n) is 4.02. The van der Waals surface area contributed by atoms with E-state index in [2.05, 4.69) is 22.0 Å². The Bertz CT molecular complexity index is 320. The molecule has 1 aliphatic carbocycles. The van der Waals surface area contributed by atoms with Gasteiger partial charge in [0.05, 0.1) is 6.42 Å². The Labute approximate surface area is 112 Å². The van der Waals surface area contributed by atoms with Crippen LogP contribution in [0.5, 0.6) is 0 Å². The molecule has 1 unspecified atom stereocenters. The van der Waals surface area contributed by atoms with E-state index < -0.39 is 24.4 Å². The Kier molecular flexibility index (Phi) is 4.73. The molecule has 2 aliphatic rings. The summed E-state index contributed by atoms with van der Waals surface area (Å²) in [6.45, 7) is 1.92. The molecule has 4 nitrogen and oxygen atoms in total. The Hall–Kier alpha value is -0.750. The van der Waals surface area contributed by atoms with Crippen LogP contribution in [0.15, 0.2) is 0 Å². The zero-order valence-corrected chi connectivity index (χ0v) is 11.3. The van der Waals surface area contributed by atoms with Gasteiger partial charge in [-0.2, -0.15) is 8.78 Å². The zero-order valence-electron chi connectivity index (χ0n) is 11.3. The first kappa shape index (κ1) is 14.7. The number of esters is 1. The van der Waals surface area contributed by atoms with Gasteiger partial charge in [-0.3, -0.25) is 0 Å². The molecule has 0 aromatic carbocycles. The Balaban J connectivity index is 1.58. The summed E-state index contributed by atoms with van der Waals surface area (Å²) in [7, 11) is 2.10. The first-order valence-corrected chi connectivity index (χ1v) is 6.99. The number of likely N-dealkylation sites (N-methyl/N-ethyl adjacent to an activating group) is 1. The first-order chi connectivity index (χ1) is 8.99. The molecule has 2 fully saturated rings. The van der Waals surface area contributed by atoms with Gasteiger partial charge >= 0.3 is 11.9 Å². The number of nitrogens with one attached hydrogen (secondary N) is 1. The second-order valence-corrected chi connectivity index (χ2v) is 5.56. The van der Waals surface area contributed by atoms with Crippen LogP contribution in [0, 0.1) is 0 Å². The van der Waals surface area contributed by atoms with Gasteiger partial charge in [-0.25, -0.2) is 4.79 Å². The maximum absolute atomic E-state index is 12.9. The lowest BCUT2D eigenvalue weighted by atomic mass is 10.2.